The van der Waals surface area contributed by atoms with E-state index in [4.69, 9.17) is 11.6 Å². The molecule has 3 nitrogen and oxygen atoms in total. The molecule has 1 fully saturated rings. The van der Waals surface area contributed by atoms with Crippen molar-refractivity contribution in [3.8, 4) is 0 Å². The molecule has 0 radical (unpaired) electrons. The molecule has 1 heterocycles. The number of halogens is 1. The van der Waals surface area contributed by atoms with Crippen molar-refractivity contribution in [1.29, 1.82) is 0 Å². The summed E-state index contributed by atoms with van der Waals surface area (Å²) in [5.74, 6) is 0.219. The summed E-state index contributed by atoms with van der Waals surface area (Å²) in [5.41, 5.74) is 0.837. The molecule has 0 aliphatic carbocycles. The second-order valence-electron chi connectivity index (χ2n) is 5.76. The third-order valence-corrected chi connectivity index (χ3v) is 4.11. The summed E-state index contributed by atoms with van der Waals surface area (Å²) < 4.78 is 0. The Balaban J connectivity index is 2.24. The van der Waals surface area contributed by atoms with E-state index in [-0.39, 0.29) is 5.92 Å². The first-order valence-electron chi connectivity index (χ1n) is 6.64. The summed E-state index contributed by atoms with van der Waals surface area (Å²) in [5, 5.41) is 10.7. The van der Waals surface area contributed by atoms with Crippen molar-refractivity contribution in [3.05, 3.63) is 28.8 Å². The van der Waals surface area contributed by atoms with Crippen molar-refractivity contribution in [2.45, 2.75) is 32.3 Å². The lowest BCUT2D eigenvalue weighted by atomic mass is 9.84. The van der Waals surface area contributed by atoms with Crippen LogP contribution < -0.4 is 4.90 Å². The van der Waals surface area contributed by atoms with Gasteiger partial charge >= 0.3 is 0 Å². The van der Waals surface area contributed by atoms with Crippen molar-refractivity contribution >= 4 is 23.6 Å². The van der Waals surface area contributed by atoms with Crippen molar-refractivity contribution in [3.63, 3.8) is 0 Å². The van der Waals surface area contributed by atoms with Crippen LogP contribution in [0, 0.1) is 5.92 Å². The quantitative estimate of drug-likeness (QED) is 0.866. The van der Waals surface area contributed by atoms with Gasteiger partial charge in [-0.1, -0.05) is 11.6 Å². The van der Waals surface area contributed by atoms with Crippen LogP contribution in [-0.2, 0) is 0 Å². The van der Waals surface area contributed by atoms with E-state index in [1.165, 1.54) is 0 Å². The van der Waals surface area contributed by atoms with Crippen molar-refractivity contribution < 1.29 is 9.90 Å². The molecule has 104 valence electrons. The summed E-state index contributed by atoms with van der Waals surface area (Å²) >= 11 is 5.92. The second kappa shape index (κ2) is 5.51. The Morgan fingerprint density at radius 2 is 2.21 bits per heavy atom. The first kappa shape index (κ1) is 14.4. The van der Waals surface area contributed by atoms with E-state index in [0.29, 0.717) is 10.6 Å². The predicted molar refractivity (Wildman–Crippen MR) is 78.1 cm³/mol. The number of aldehydes is 1. The monoisotopic (exact) mass is 281 g/mol. The number of hydrogen-bond donors (Lipinski definition) is 1. The summed E-state index contributed by atoms with van der Waals surface area (Å²) in [6, 6.07) is 5.38. The van der Waals surface area contributed by atoms with Gasteiger partial charge in [-0.05, 0) is 44.9 Å². The van der Waals surface area contributed by atoms with Gasteiger partial charge in [-0.15, -0.1) is 0 Å². The third-order valence-electron chi connectivity index (χ3n) is 3.88. The molecule has 1 aliphatic heterocycles. The van der Waals surface area contributed by atoms with Crippen LogP contribution in [0.4, 0.5) is 5.69 Å². The molecule has 1 aromatic rings. The maximum absolute atomic E-state index is 11.2. The zero-order valence-electron chi connectivity index (χ0n) is 11.4. The lowest BCUT2D eigenvalue weighted by Gasteiger charge is -2.40. The molecule has 1 atom stereocenters. The average Bonchev–Trinajstić information content (AvgIpc) is 2.37. The van der Waals surface area contributed by atoms with Crippen LogP contribution in [0.15, 0.2) is 18.2 Å². The van der Waals surface area contributed by atoms with Gasteiger partial charge in [0, 0.05) is 35.3 Å². The Bertz CT molecular complexity index is 468. The zero-order valence-corrected chi connectivity index (χ0v) is 12.2. The minimum absolute atomic E-state index is 0.219. The van der Waals surface area contributed by atoms with Gasteiger partial charge in [0.15, 0.2) is 6.29 Å². The summed E-state index contributed by atoms with van der Waals surface area (Å²) in [6.07, 6.45) is 2.88. The number of aliphatic hydroxyl groups is 1. The molecule has 1 N–H and O–H groups in total. The van der Waals surface area contributed by atoms with E-state index < -0.39 is 5.60 Å². The largest absolute Gasteiger partial charge is 0.390 e. The molecule has 0 unspecified atom stereocenters. The highest BCUT2D eigenvalue weighted by Crippen LogP contribution is 2.31. The van der Waals surface area contributed by atoms with Gasteiger partial charge in [0.2, 0.25) is 0 Å². The fourth-order valence-electron chi connectivity index (χ4n) is 2.68. The van der Waals surface area contributed by atoms with E-state index >= 15 is 0 Å². The first-order valence-corrected chi connectivity index (χ1v) is 7.01. The number of benzene rings is 1. The van der Waals surface area contributed by atoms with Crippen LogP contribution in [0.25, 0.3) is 0 Å². The highest BCUT2D eigenvalue weighted by atomic mass is 35.5. The van der Waals surface area contributed by atoms with E-state index in [9.17, 15) is 9.90 Å². The standard InChI is InChI=1S/C15H20ClNO2/c1-15(2,19)12-4-3-7-17(9-12)14-6-5-13(16)8-11(14)10-18/h5-6,8,10,12,19H,3-4,7,9H2,1-2H3/t12-/m1/s1. The van der Waals surface area contributed by atoms with Crippen LogP contribution in [0.1, 0.15) is 37.0 Å². The van der Waals surface area contributed by atoms with Crippen LogP contribution in [0.2, 0.25) is 5.02 Å². The summed E-state index contributed by atoms with van der Waals surface area (Å²) in [4.78, 5) is 13.3. The topological polar surface area (TPSA) is 40.5 Å². The van der Waals surface area contributed by atoms with Gasteiger partial charge in [0.05, 0.1) is 5.60 Å². The van der Waals surface area contributed by atoms with Crippen LogP contribution in [0.3, 0.4) is 0 Å². The molecule has 0 amide bonds. The highest BCUT2D eigenvalue weighted by Gasteiger charge is 2.31. The number of piperidine rings is 1. The minimum atomic E-state index is -0.688. The lowest BCUT2D eigenvalue weighted by Crippen LogP contribution is -2.45. The normalized spacial score (nSPS) is 20.4. The minimum Gasteiger partial charge on any atom is -0.390 e. The summed E-state index contributed by atoms with van der Waals surface area (Å²) in [7, 11) is 0. The van der Waals surface area contributed by atoms with Gasteiger partial charge in [-0.3, -0.25) is 4.79 Å². The number of nitrogens with zero attached hydrogens (tertiary/aromatic N) is 1. The molecule has 0 saturated carbocycles. The molecule has 19 heavy (non-hydrogen) atoms. The molecular formula is C15H20ClNO2. The fourth-order valence-corrected chi connectivity index (χ4v) is 2.86. The predicted octanol–water partition coefficient (Wildman–Crippen LogP) is 3.14. The average molecular weight is 282 g/mol. The molecule has 0 spiro atoms. The zero-order chi connectivity index (χ0) is 14.0. The molecular weight excluding hydrogens is 262 g/mol. The fraction of sp³-hybridized carbons (Fsp3) is 0.533. The number of hydrogen-bond acceptors (Lipinski definition) is 3. The molecule has 2 rings (SSSR count). The van der Waals surface area contributed by atoms with Gasteiger partial charge in [-0.2, -0.15) is 0 Å². The Morgan fingerprint density at radius 1 is 1.47 bits per heavy atom. The molecule has 1 aromatic carbocycles. The highest BCUT2D eigenvalue weighted by molar-refractivity contribution is 6.31. The maximum Gasteiger partial charge on any atom is 0.152 e. The number of anilines is 1. The third kappa shape index (κ3) is 3.28. The van der Waals surface area contributed by atoms with Gasteiger partial charge in [-0.25, -0.2) is 0 Å². The number of carbonyl (C=O) groups is 1. The number of carbonyl (C=O) groups excluding carboxylic acids is 1. The Morgan fingerprint density at radius 3 is 2.84 bits per heavy atom. The van der Waals surface area contributed by atoms with E-state index in [1.54, 1.807) is 12.1 Å². The molecule has 0 aromatic heterocycles. The van der Waals surface area contributed by atoms with E-state index in [2.05, 4.69) is 4.90 Å². The lowest BCUT2D eigenvalue weighted by molar-refractivity contribution is 0.0110. The Labute approximate surface area is 119 Å². The second-order valence-corrected chi connectivity index (χ2v) is 6.20. The van der Waals surface area contributed by atoms with Gasteiger partial charge in [0.1, 0.15) is 0 Å². The Hall–Kier alpha value is -1.06. The Kier molecular flexibility index (Phi) is 4.16. The van der Waals surface area contributed by atoms with Crippen molar-refractivity contribution in [1.82, 2.24) is 0 Å². The SMILES string of the molecule is CC(C)(O)[C@@H]1CCCN(c2ccc(Cl)cc2C=O)C1. The van der Waals surface area contributed by atoms with Crippen LogP contribution >= 0.6 is 11.6 Å². The molecule has 1 aliphatic rings. The molecule has 1 saturated heterocycles. The smallest absolute Gasteiger partial charge is 0.152 e. The summed E-state index contributed by atoms with van der Waals surface area (Å²) in [6.45, 7) is 5.38. The van der Waals surface area contributed by atoms with Crippen molar-refractivity contribution in [2.75, 3.05) is 18.0 Å². The molecule has 4 heteroatoms. The van der Waals surface area contributed by atoms with E-state index in [1.807, 2.05) is 19.9 Å². The van der Waals surface area contributed by atoms with Gasteiger partial charge in [0.25, 0.3) is 0 Å². The van der Waals surface area contributed by atoms with Crippen molar-refractivity contribution in [2.24, 2.45) is 5.92 Å². The number of rotatable bonds is 3. The molecule has 0 bridgehead atoms. The maximum atomic E-state index is 11.2. The van der Waals surface area contributed by atoms with Crippen LogP contribution in [0.5, 0.6) is 0 Å². The van der Waals surface area contributed by atoms with E-state index in [0.717, 1.165) is 37.9 Å². The van der Waals surface area contributed by atoms with Crippen LogP contribution in [-0.4, -0.2) is 30.1 Å². The van der Waals surface area contributed by atoms with Gasteiger partial charge < -0.3 is 10.0 Å². The first-order chi connectivity index (χ1) is 8.91.